The molecule has 6 nitrogen and oxygen atoms in total. The van der Waals surface area contributed by atoms with Crippen LogP contribution >= 0.6 is 55.2 Å². The minimum absolute atomic E-state index is 0.0282. The molecule has 4 rings (SSSR count). The molecule has 1 fully saturated rings. The number of phenols is 1. The normalized spacial score (nSPS) is 17.1. The summed E-state index contributed by atoms with van der Waals surface area (Å²) in [7, 11) is 0. The highest BCUT2D eigenvalue weighted by Crippen LogP contribution is 2.40. The Balaban J connectivity index is 1.60. The summed E-state index contributed by atoms with van der Waals surface area (Å²) in [6.45, 7) is 0.137. The number of halogens is 3. The van der Waals surface area contributed by atoms with Gasteiger partial charge in [-0.25, -0.2) is 0 Å². The lowest BCUT2D eigenvalue weighted by Gasteiger charge is -2.14. The van der Waals surface area contributed by atoms with Crippen LogP contribution in [0, 0.1) is 0 Å². The van der Waals surface area contributed by atoms with E-state index in [1.165, 1.54) is 0 Å². The van der Waals surface area contributed by atoms with Crippen LogP contribution in [0.1, 0.15) is 11.1 Å². The Labute approximate surface area is 185 Å². The molecule has 2 aliphatic heterocycles. The Morgan fingerprint density at radius 2 is 1.79 bits per heavy atom. The Morgan fingerprint density at radius 1 is 1.14 bits per heavy atom. The molecule has 1 saturated heterocycles. The summed E-state index contributed by atoms with van der Waals surface area (Å²) in [5.41, 5.74) is 1.24. The number of imide groups is 1. The van der Waals surface area contributed by atoms with Crippen molar-refractivity contribution < 1.29 is 24.2 Å². The maximum atomic E-state index is 12.8. The molecule has 0 radical (unpaired) electrons. The van der Waals surface area contributed by atoms with E-state index < -0.39 is 5.91 Å². The first-order chi connectivity index (χ1) is 13.3. The maximum Gasteiger partial charge on any atom is 0.293 e. The smallest absolute Gasteiger partial charge is 0.293 e. The Morgan fingerprint density at radius 3 is 2.46 bits per heavy atom. The minimum atomic E-state index is -0.413. The van der Waals surface area contributed by atoms with Crippen molar-refractivity contribution in [3.63, 3.8) is 0 Å². The molecule has 2 aromatic carbocycles. The van der Waals surface area contributed by atoms with E-state index in [9.17, 15) is 14.7 Å². The third-order valence-corrected chi connectivity index (χ3v) is 6.55. The quantitative estimate of drug-likeness (QED) is 0.509. The number of aromatic hydroxyl groups is 1. The van der Waals surface area contributed by atoms with Crippen molar-refractivity contribution in [1.82, 2.24) is 4.90 Å². The van der Waals surface area contributed by atoms with Gasteiger partial charge < -0.3 is 14.6 Å². The first-order valence-corrected chi connectivity index (χ1v) is 10.6. The summed E-state index contributed by atoms with van der Waals surface area (Å²) in [4.78, 5) is 26.6. The van der Waals surface area contributed by atoms with E-state index in [0.717, 1.165) is 16.7 Å². The fourth-order valence-corrected chi connectivity index (χ4v) is 4.98. The van der Waals surface area contributed by atoms with Gasteiger partial charge in [-0.3, -0.25) is 14.5 Å². The van der Waals surface area contributed by atoms with Gasteiger partial charge in [0.25, 0.3) is 11.1 Å². The fourth-order valence-electron chi connectivity index (χ4n) is 2.71. The average molecular weight is 548 g/mol. The fraction of sp³-hybridized carbons (Fsp3) is 0.111. The second kappa shape index (κ2) is 7.62. The van der Waals surface area contributed by atoms with Crippen LogP contribution in [0.25, 0.3) is 6.08 Å². The van der Waals surface area contributed by atoms with E-state index in [-0.39, 0.29) is 29.2 Å². The molecular weight excluding hydrogens is 538 g/mol. The molecule has 0 aliphatic carbocycles. The van der Waals surface area contributed by atoms with E-state index >= 15 is 0 Å². The number of phenolic OH excluding ortho intramolecular Hbond substituents is 1. The van der Waals surface area contributed by atoms with E-state index in [0.29, 0.717) is 36.6 Å². The SMILES string of the molecule is O=C1S/C(=C\c2cc(Br)c(O)c(Br)c2)C(=O)N1Cc1cc2c(cc1Cl)OCO2. The van der Waals surface area contributed by atoms with Crippen molar-refractivity contribution in [2.24, 2.45) is 0 Å². The third kappa shape index (κ3) is 3.63. The number of thioether (sulfide) groups is 1. The number of rotatable bonds is 3. The lowest BCUT2D eigenvalue weighted by atomic mass is 10.1. The van der Waals surface area contributed by atoms with Gasteiger partial charge in [0.2, 0.25) is 6.79 Å². The zero-order valence-electron chi connectivity index (χ0n) is 13.9. The molecule has 0 atom stereocenters. The van der Waals surface area contributed by atoms with Gasteiger partial charge in [-0.1, -0.05) is 11.6 Å². The van der Waals surface area contributed by atoms with Crippen molar-refractivity contribution in [2.45, 2.75) is 6.54 Å². The van der Waals surface area contributed by atoms with Crippen LogP contribution in [0.2, 0.25) is 5.02 Å². The number of carbonyl (C=O) groups excluding carboxylic acids is 2. The van der Waals surface area contributed by atoms with Crippen molar-refractivity contribution in [3.8, 4) is 17.2 Å². The van der Waals surface area contributed by atoms with Gasteiger partial charge >= 0.3 is 0 Å². The standard InChI is InChI=1S/C18H10Br2ClNO5S/c19-10-1-8(2-11(20)16(10)23)3-15-17(24)22(18(25)28-15)6-9-4-13-14(5-12(9)21)27-7-26-13/h1-5,23H,6-7H2/b15-3-. The monoisotopic (exact) mass is 545 g/mol. The van der Waals surface area contributed by atoms with Crippen LogP contribution in [-0.2, 0) is 11.3 Å². The molecule has 2 aromatic rings. The van der Waals surface area contributed by atoms with Gasteiger partial charge in [-0.2, -0.15) is 0 Å². The minimum Gasteiger partial charge on any atom is -0.506 e. The van der Waals surface area contributed by atoms with Crippen LogP contribution in [0.5, 0.6) is 17.2 Å². The van der Waals surface area contributed by atoms with Crippen molar-refractivity contribution in [2.75, 3.05) is 6.79 Å². The number of benzene rings is 2. The molecule has 0 saturated carbocycles. The summed E-state index contributed by atoms with van der Waals surface area (Å²) in [5, 5.41) is 9.80. The number of hydrogen-bond acceptors (Lipinski definition) is 6. The molecule has 0 bridgehead atoms. The van der Waals surface area contributed by atoms with E-state index in [4.69, 9.17) is 21.1 Å². The van der Waals surface area contributed by atoms with Crippen molar-refractivity contribution in [1.29, 1.82) is 0 Å². The molecule has 144 valence electrons. The molecule has 2 heterocycles. The molecule has 10 heteroatoms. The molecule has 28 heavy (non-hydrogen) atoms. The highest BCUT2D eigenvalue weighted by Gasteiger charge is 2.35. The topological polar surface area (TPSA) is 76.1 Å². The first kappa shape index (κ1) is 19.6. The maximum absolute atomic E-state index is 12.8. The highest BCUT2D eigenvalue weighted by atomic mass is 79.9. The van der Waals surface area contributed by atoms with Crippen LogP contribution in [0.15, 0.2) is 38.1 Å². The van der Waals surface area contributed by atoms with Crippen LogP contribution in [0.4, 0.5) is 4.79 Å². The Hall–Kier alpha value is -1.68. The summed E-state index contributed by atoms with van der Waals surface area (Å²) in [6.07, 6.45) is 1.60. The number of hydrogen-bond donors (Lipinski definition) is 1. The van der Waals surface area contributed by atoms with Crippen molar-refractivity contribution in [3.05, 3.63) is 54.3 Å². The summed E-state index contributed by atoms with van der Waals surface area (Å²) >= 11 is 13.6. The number of carbonyl (C=O) groups is 2. The lowest BCUT2D eigenvalue weighted by Crippen LogP contribution is -2.27. The number of amides is 2. The molecule has 2 amide bonds. The van der Waals surface area contributed by atoms with Gasteiger partial charge in [0.1, 0.15) is 5.75 Å². The van der Waals surface area contributed by atoms with E-state index in [1.54, 1.807) is 30.3 Å². The zero-order chi connectivity index (χ0) is 20.0. The number of fused-ring (bicyclic) bond motifs is 1. The van der Waals surface area contributed by atoms with Gasteiger partial charge in [0.15, 0.2) is 11.5 Å². The molecule has 1 N–H and O–H groups in total. The number of ether oxygens (including phenoxy) is 2. The summed E-state index contributed by atoms with van der Waals surface area (Å²) in [5.74, 6) is 0.707. The van der Waals surface area contributed by atoms with Crippen LogP contribution in [0.3, 0.4) is 0 Å². The van der Waals surface area contributed by atoms with E-state index in [2.05, 4.69) is 31.9 Å². The molecule has 2 aliphatic rings. The van der Waals surface area contributed by atoms with Crippen molar-refractivity contribution >= 4 is 72.4 Å². The highest BCUT2D eigenvalue weighted by molar-refractivity contribution is 9.11. The average Bonchev–Trinajstić information content (AvgIpc) is 3.19. The first-order valence-electron chi connectivity index (χ1n) is 7.85. The zero-order valence-corrected chi connectivity index (χ0v) is 18.6. The second-order valence-electron chi connectivity index (χ2n) is 5.90. The summed E-state index contributed by atoms with van der Waals surface area (Å²) in [6, 6.07) is 6.59. The van der Waals surface area contributed by atoms with Crippen LogP contribution < -0.4 is 9.47 Å². The van der Waals surface area contributed by atoms with Gasteiger partial charge in [0.05, 0.1) is 20.4 Å². The van der Waals surface area contributed by atoms with Gasteiger partial charge in [-0.15, -0.1) is 0 Å². The lowest BCUT2D eigenvalue weighted by molar-refractivity contribution is -0.123. The van der Waals surface area contributed by atoms with Crippen LogP contribution in [-0.4, -0.2) is 27.9 Å². The predicted molar refractivity (Wildman–Crippen MR) is 113 cm³/mol. The molecule has 0 aromatic heterocycles. The number of nitrogens with zero attached hydrogens (tertiary/aromatic N) is 1. The van der Waals surface area contributed by atoms with Gasteiger partial charge in [-0.05, 0) is 79.0 Å². The molecule has 0 spiro atoms. The third-order valence-electron chi connectivity index (χ3n) is 4.08. The largest absolute Gasteiger partial charge is 0.506 e. The second-order valence-corrected chi connectivity index (χ2v) is 9.01. The van der Waals surface area contributed by atoms with Gasteiger partial charge in [0, 0.05) is 11.1 Å². The predicted octanol–water partition coefficient (Wildman–Crippen LogP) is 5.54. The Bertz CT molecular complexity index is 1040. The Kier molecular flexibility index (Phi) is 5.34. The van der Waals surface area contributed by atoms with E-state index in [1.807, 2.05) is 0 Å². The molecule has 0 unspecified atom stereocenters. The molecular formula is C18H10Br2ClNO5S. The summed E-state index contributed by atoms with van der Waals surface area (Å²) < 4.78 is 11.5.